The predicted octanol–water partition coefficient (Wildman–Crippen LogP) is 1.35. The van der Waals surface area contributed by atoms with Crippen LogP contribution in [0.1, 0.15) is 13.3 Å². The Morgan fingerprint density at radius 2 is 2.55 bits per heavy atom. The third-order valence-electron chi connectivity index (χ3n) is 1.51. The van der Waals surface area contributed by atoms with Gasteiger partial charge < -0.3 is 16.4 Å². The van der Waals surface area contributed by atoms with Crippen LogP contribution in [0.15, 0.2) is 0 Å². The minimum atomic E-state index is -1.47. The molecule has 0 aromatic rings. The highest BCUT2D eigenvalue weighted by molar-refractivity contribution is 4.76. The van der Waals surface area contributed by atoms with Crippen molar-refractivity contribution in [1.29, 1.82) is 0 Å². The van der Waals surface area contributed by atoms with Gasteiger partial charge in [-0.3, -0.25) is 4.39 Å². The Morgan fingerprint density at radius 3 is 3.00 bits per heavy atom. The first kappa shape index (κ1) is 8.94. The molecule has 1 saturated heterocycles. The molecular weight excluding hydrogens is 147 g/mol. The van der Waals surface area contributed by atoms with E-state index in [0.717, 1.165) is 13.0 Å². The molecule has 0 aromatic heterocycles. The largest absolute Gasteiger partial charge is 0.379 e. The quantitative estimate of drug-likeness (QED) is 0.582. The third-order valence-corrected chi connectivity index (χ3v) is 1.51. The van der Waals surface area contributed by atoms with Crippen molar-refractivity contribution < 1.29 is 13.9 Å². The molecule has 2 nitrogen and oxygen atoms in total. The SMILES string of the molecule is [CH2-]C(C)(F)COC1CCOC1. The Morgan fingerprint density at radius 1 is 1.82 bits per heavy atom. The maximum atomic E-state index is 12.8. The first-order valence-electron chi connectivity index (χ1n) is 3.81. The summed E-state index contributed by atoms with van der Waals surface area (Å²) in [5.41, 5.74) is -1.47. The number of alkyl halides is 1. The smallest absolute Gasteiger partial charge is 0.0830 e. The predicted molar refractivity (Wildman–Crippen MR) is 40.0 cm³/mol. The van der Waals surface area contributed by atoms with Crippen molar-refractivity contribution in [3.8, 4) is 0 Å². The van der Waals surface area contributed by atoms with Gasteiger partial charge >= 0.3 is 0 Å². The molecule has 0 bridgehead atoms. The molecule has 2 atom stereocenters. The van der Waals surface area contributed by atoms with Crippen LogP contribution in [0.25, 0.3) is 0 Å². The highest BCUT2D eigenvalue weighted by Crippen LogP contribution is 2.13. The topological polar surface area (TPSA) is 18.5 Å². The zero-order chi connectivity index (χ0) is 8.32. The minimum Gasteiger partial charge on any atom is -0.379 e. The van der Waals surface area contributed by atoms with Crippen molar-refractivity contribution >= 4 is 0 Å². The summed E-state index contributed by atoms with van der Waals surface area (Å²) < 4.78 is 23.0. The molecule has 66 valence electrons. The highest BCUT2D eigenvalue weighted by atomic mass is 19.1. The molecule has 0 N–H and O–H groups in total. The standard InChI is InChI=1S/C8H14FO2/c1-8(2,9)6-11-7-3-4-10-5-7/h7H,1,3-6H2,2H3/q-1. The summed E-state index contributed by atoms with van der Waals surface area (Å²) in [6.45, 7) is 6.08. The molecule has 0 amide bonds. The van der Waals surface area contributed by atoms with Gasteiger partial charge in [-0.1, -0.05) is 6.92 Å². The first-order valence-corrected chi connectivity index (χ1v) is 3.81. The van der Waals surface area contributed by atoms with E-state index in [1.165, 1.54) is 6.92 Å². The second-order valence-electron chi connectivity index (χ2n) is 3.21. The van der Waals surface area contributed by atoms with Crippen molar-refractivity contribution in [2.24, 2.45) is 0 Å². The maximum absolute atomic E-state index is 12.8. The Labute approximate surface area is 66.7 Å². The van der Waals surface area contributed by atoms with Gasteiger partial charge in [-0.2, -0.15) is 0 Å². The number of ether oxygens (including phenoxy) is 2. The van der Waals surface area contributed by atoms with Crippen LogP contribution in [0.3, 0.4) is 0 Å². The minimum absolute atomic E-state index is 0.0566. The number of hydrogen-bond donors (Lipinski definition) is 0. The fraction of sp³-hybridized carbons (Fsp3) is 0.875. The van der Waals surface area contributed by atoms with E-state index < -0.39 is 5.67 Å². The summed E-state index contributed by atoms with van der Waals surface area (Å²) in [6.07, 6.45) is 0.947. The van der Waals surface area contributed by atoms with Gasteiger partial charge in [-0.15, -0.1) is 0 Å². The van der Waals surface area contributed by atoms with Crippen LogP contribution in [0.2, 0.25) is 0 Å². The molecular formula is C8H14FO2-. The molecule has 0 saturated carbocycles. The van der Waals surface area contributed by atoms with E-state index in [2.05, 4.69) is 6.92 Å². The Balaban J connectivity index is 2.11. The van der Waals surface area contributed by atoms with Crippen LogP contribution in [-0.2, 0) is 9.47 Å². The fourth-order valence-corrected chi connectivity index (χ4v) is 0.936. The summed E-state index contributed by atoms with van der Waals surface area (Å²) in [5, 5.41) is 0. The van der Waals surface area contributed by atoms with Crippen molar-refractivity contribution in [2.45, 2.75) is 25.1 Å². The van der Waals surface area contributed by atoms with Gasteiger partial charge in [-0.05, 0) is 6.42 Å². The number of rotatable bonds is 3. The molecule has 1 heterocycles. The summed E-state index contributed by atoms with van der Waals surface area (Å²) in [4.78, 5) is 0. The third kappa shape index (κ3) is 3.68. The zero-order valence-corrected chi connectivity index (χ0v) is 6.81. The van der Waals surface area contributed by atoms with Gasteiger partial charge in [0.05, 0.1) is 19.3 Å². The average Bonchev–Trinajstić information content (AvgIpc) is 2.32. The Bertz CT molecular complexity index is 114. The lowest BCUT2D eigenvalue weighted by atomic mass is 10.2. The van der Waals surface area contributed by atoms with Crippen molar-refractivity contribution in [3.05, 3.63) is 6.92 Å². The molecule has 1 aliphatic rings. The van der Waals surface area contributed by atoms with Gasteiger partial charge in [0.1, 0.15) is 0 Å². The first-order chi connectivity index (χ1) is 5.08. The number of hydrogen-bond acceptors (Lipinski definition) is 2. The van der Waals surface area contributed by atoms with E-state index in [4.69, 9.17) is 9.47 Å². The second-order valence-corrected chi connectivity index (χ2v) is 3.21. The summed E-state index contributed by atoms with van der Waals surface area (Å²) in [7, 11) is 0. The molecule has 0 radical (unpaired) electrons. The molecule has 0 spiro atoms. The van der Waals surface area contributed by atoms with E-state index in [0.29, 0.717) is 6.61 Å². The van der Waals surface area contributed by atoms with Crippen molar-refractivity contribution in [3.63, 3.8) is 0 Å². The van der Waals surface area contributed by atoms with Gasteiger partial charge in [-0.25, -0.2) is 0 Å². The molecule has 3 heteroatoms. The lowest BCUT2D eigenvalue weighted by molar-refractivity contribution is -0.00600. The number of halogens is 1. The monoisotopic (exact) mass is 161 g/mol. The van der Waals surface area contributed by atoms with Crippen LogP contribution in [0.4, 0.5) is 4.39 Å². The van der Waals surface area contributed by atoms with Crippen LogP contribution in [0.5, 0.6) is 0 Å². The van der Waals surface area contributed by atoms with Crippen molar-refractivity contribution in [1.82, 2.24) is 0 Å². The molecule has 2 unspecified atom stereocenters. The molecule has 0 aliphatic carbocycles. The van der Waals surface area contributed by atoms with Gasteiger partial charge in [0.2, 0.25) is 0 Å². The maximum Gasteiger partial charge on any atom is 0.0830 e. The highest BCUT2D eigenvalue weighted by Gasteiger charge is 2.18. The fourth-order valence-electron chi connectivity index (χ4n) is 0.936. The normalized spacial score (nSPS) is 30.3. The van der Waals surface area contributed by atoms with Gasteiger partial charge in [0, 0.05) is 12.3 Å². The van der Waals surface area contributed by atoms with E-state index in [1.807, 2.05) is 0 Å². The molecule has 1 fully saturated rings. The van der Waals surface area contributed by atoms with Crippen LogP contribution in [0, 0.1) is 6.92 Å². The Hall–Kier alpha value is -0.150. The van der Waals surface area contributed by atoms with E-state index in [-0.39, 0.29) is 12.7 Å². The lowest BCUT2D eigenvalue weighted by Gasteiger charge is -2.23. The van der Waals surface area contributed by atoms with E-state index in [1.54, 1.807) is 0 Å². The van der Waals surface area contributed by atoms with Crippen LogP contribution in [-0.4, -0.2) is 31.6 Å². The lowest BCUT2D eigenvalue weighted by Crippen LogP contribution is -2.25. The molecule has 0 aromatic carbocycles. The molecule has 1 aliphatic heterocycles. The van der Waals surface area contributed by atoms with Crippen LogP contribution < -0.4 is 0 Å². The molecule has 1 rings (SSSR count). The summed E-state index contributed by atoms with van der Waals surface area (Å²) in [6, 6.07) is 0. The Kier molecular flexibility index (Phi) is 2.84. The van der Waals surface area contributed by atoms with Gasteiger partial charge in [0.15, 0.2) is 0 Å². The van der Waals surface area contributed by atoms with Gasteiger partial charge in [0.25, 0.3) is 0 Å². The molecule has 11 heavy (non-hydrogen) atoms. The summed E-state index contributed by atoms with van der Waals surface area (Å²) >= 11 is 0. The zero-order valence-electron chi connectivity index (χ0n) is 6.81. The van der Waals surface area contributed by atoms with E-state index >= 15 is 0 Å². The van der Waals surface area contributed by atoms with E-state index in [9.17, 15) is 4.39 Å². The van der Waals surface area contributed by atoms with Crippen LogP contribution >= 0.6 is 0 Å². The summed E-state index contributed by atoms with van der Waals surface area (Å²) in [5.74, 6) is 0. The van der Waals surface area contributed by atoms with Crippen molar-refractivity contribution in [2.75, 3.05) is 19.8 Å². The second kappa shape index (κ2) is 3.50. The average molecular weight is 161 g/mol.